The van der Waals surface area contributed by atoms with Crippen molar-refractivity contribution < 1.29 is 17.7 Å². The van der Waals surface area contributed by atoms with E-state index in [9.17, 15) is 13.2 Å². The lowest BCUT2D eigenvalue weighted by molar-refractivity contribution is 0.102. The molecule has 5 aromatic rings. The third-order valence-corrected chi connectivity index (χ3v) is 6.48. The Hall–Kier alpha value is -4.29. The fourth-order valence-electron chi connectivity index (χ4n) is 3.45. The van der Waals surface area contributed by atoms with Crippen molar-refractivity contribution in [1.82, 2.24) is 25.8 Å². The Bertz CT molecular complexity index is 1620. The fraction of sp³-hybridized carbons (Fsp3) is 0.0455. The molecule has 11 nitrogen and oxygen atoms in total. The maximum Gasteiger partial charge on any atom is 0.278 e. The van der Waals surface area contributed by atoms with Crippen LogP contribution in [0.25, 0.3) is 22.4 Å². The molecule has 1 amide bonds. The van der Waals surface area contributed by atoms with Gasteiger partial charge >= 0.3 is 0 Å². The van der Waals surface area contributed by atoms with Crippen molar-refractivity contribution in [1.29, 1.82) is 0 Å². The van der Waals surface area contributed by atoms with Gasteiger partial charge in [0.25, 0.3) is 5.91 Å². The van der Waals surface area contributed by atoms with Crippen molar-refractivity contribution in [2.24, 2.45) is 0 Å². The van der Waals surface area contributed by atoms with Crippen molar-refractivity contribution in [3.05, 3.63) is 83.0 Å². The molecule has 13 heteroatoms. The standard InChI is InChI=1S/C22H16ClN7O4S/c23-14-6-8-18(16(10-14)21-25-29-30-26-21)24-22(31)20-17-11-15(7-9-19(17)34-27-20)28-35(32,33)12-13-4-2-1-3-5-13/h1-11,28H,12H2,(H,24,31)(H,25,26,29,30). The van der Waals surface area contributed by atoms with Gasteiger partial charge in [0.2, 0.25) is 10.0 Å². The lowest BCUT2D eigenvalue weighted by atomic mass is 10.1. The molecule has 0 spiro atoms. The maximum absolute atomic E-state index is 13.1. The van der Waals surface area contributed by atoms with Gasteiger partial charge < -0.3 is 9.84 Å². The number of amides is 1. The van der Waals surface area contributed by atoms with Gasteiger partial charge in [-0.2, -0.15) is 0 Å². The Morgan fingerprint density at radius 3 is 2.66 bits per heavy atom. The Labute approximate surface area is 203 Å². The van der Waals surface area contributed by atoms with Crippen LogP contribution >= 0.6 is 11.6 Å². The van der Waals surface area contributed by atoms with Crippen LogP contribution in [0, 0.1) is 0 Å². The van der Waals surface area contributed by atoms with Crippen molar-refractivity contribution in [3.8, 4) is 11.4 Å². The van der Waals surface area contributed by atoms with Crippen LogP contribution in [0.5, 0.6) is 0 Å². The Balaban J connectivity index is 1.41. The second-order valence-electron chi connectivity index (χ2n) is 7.48. The summed E-state index contributed by atoms with van der Waals surface area (Å²) >= 11 is 6.09. The lowest BCUT2D eigenvalue weighted by Crippen LogP contribution is -2.15. The summed E-state index contributed by atoms with van der Waals surface area (Å²) in [5.74, 6) is -0.467. The topological polar surface area (TPSA) is 156 Å². The predicted octanol–water partition coefficient (Wildman–Crippen LogP) is 3.86. The number of halogens is 1. The average molecular weight is 510 g/mol. The van der Waals surface area contributed by atoms with E-state index >= 15 is 0 Å². The zero-order valence-electron chi connectivity index (χ0n) is 17.8. The van der Waals surface area contributed by atoms with Gasteiger partial charge in [-0.25, -0.2) is 13.5 Å². The summed E-state index contributed by atoms with van der Waals surface area (Å²) in [4.78, 5) is 13.1. The first-order valence-corrected chi connectivity index (χ1v) is 12.2. The number of hydrogen-bond acceptors (Lipinski definition) is 8. The van der Waals surface area contributed by atoms with Gasteiger partial charge in [-0.05, 0) is 52.4 Å². The molecule has 0 bridgehead atoms. The first kappa shape index (κ1) is 22.5. The third-order valence-electron chi connectivity index (χ3n) is 4.99. The van der Waals surface area contributed by atoms with Crippen LogP contribution in [0.3, 0.4) is 0 Å². The number of anilines is 2. The van der Waals surface area contributed by atoms with Crippen molar-refractivity contribution in [3.63, 3.8) is 0 Å². The highest BCUT2D eigenvalue weighted by atomic mass is 35.5. The molecule has 35 heavy (non-hydrogen) atoms. The predicted molar refractivity (Wildman–Crippen MR) is 129 cm³/mol. The minimum Gasteiger partial charge on any atom is -0.355 e. The number of aromatic nitrogens is 5. The summed E-state index contributed by atoms with van der Waals surface area (Å²) in [6.07, 6.45) is 0. The second-order valence-corrected chi connectivity index (χ2v) is 9.64. The molecule has 0 aliphatic rings. The number of nitrogens with one attached hydrogen (secondary N) is 3. The summed E-state index contributed by atoms with van der Waals surface area (Å²) in [7, 11) is -3.69. The number of tetrazole rings is 1. The van der Waals surface area contributed by atoms with Crippen LogP contribution < -0.4 is 10.0 Å². The molecule has 0 saturated carbocycles. The quantitative estimate of drug-likeness (QED) is 0.298. The highest BCUT2D eigenvalue weighted by Gasteiger charge is 2.20. The molecule has 3 aromatic carbocycles. The molecule has 0 fully saturated rings. The second kappa shape index (κ2) is 9.16. The van der Waals surface area contributed by atoms with Crippen LogP contribution in [0.4, 0.5) is 11.4 Å². The number of fused-ring (bicyclic) bond motifs is 1. The van der Waals surface area contributed by atoms with E-state index in [1.807, 2.05) is 6.07 Å². The summed E-state index contributed by atoms with van der Waals surface area (Å²) in [5, 5.41) is 20.9. The summed E-state index contributed by atoms with van der Waals surface area (Å²) in [5.41, 5.74) is 2.06. The van der Waals surface area contributed by atoms with Gasteiger partial charge in [-0.1, -0.05) is 47.1 Å². The Kier molecular flexibility index (Phi) is 5.89. The normalized spacial score (nSPS) is 11.5. The monoisotopic (exact) mass is 509 g/mol. The number of nitrogens with zero attached hydrogens (tertiary/aromatic N) is 4. The largest absolute Gasteiger partial charge is 0.355 e. The number of sulfonamides is 1. The van der Waals surface area contributed by atoms with E-state index < -0.39 is 15.9 Å². The fourth-order valence-corrected chi connectivity index (χ4v) is 4.81. The van der Waals surface area contributed by atoms with E-state index in [0.717, 1.165) is 0 Å². The molecule has 3 N–H and O–H groups in total. The lowest BCUT2D eigenvalue weighted by Gasteiger charge is -2.09. The summed E-state index contributed by atoms with van der Waals surface area (Å²) in [6, 6.07) is 18.2. The third kappa shape index (κ3) is 4.98. The highest BCUT2D eigenvalue weighted by Crippen LogP contribution is 2.30. The maximum atomic E-state index is 13.1. The Morgan fingerprint density at radius 1 is 1.06 bits per heavy atom. The first-order valence-electron chi connectivity index (χ1n) is 10.2. The van der Waals surface area contributed by atoms with Gasteiger partial charge in [0.1, 0.15) is 0 Å². The number of hydrogen-bond donors (Lipinski definition) is 3. The zero-order chi connectivity index (χ0) is 24.4. The molecular weight excluding hydrogens is 494 g/mol. The number of benzene rings is 3. The molecule has 0 aliphatic carbocycles. The van der Waals surface area contributed by atoms with Crippen molar-refractivity contribution in [2.75, 3.05) is 10.0 Å². The average Bonchev–Trinajstić information content (AvgIpc) is 3.50. The molecule has 0 radical (unpaired) electrons. The molecule has 0 unspecified atom stereocenters. The molecule has 0 saturated heterocycles. The van der Waals surface area contributed by atoms with Crippen LogP contribution in [0.1, 0.15) is 16.1 Å². The van der Waals surface area contributed by atoms with Gasteiger partial charge in [0.15, 0.2) is 17.1 Å². The van der Waals surface area contributed by atoms with E-state index in [-0.39, 0.29) is 17.1 Å². The zero-order valence-corrected chi connectivity index (χ0v) is 19.3. The minimum absolute atomic E-state index is 0.0271. The van der Waals surface area contributed by atoms with Crippen LogP contribution in [-0.4, -0.2) is 40.1 Å². The molecule has 0 aliphatic heterocycles. The smallest absolute Gasteiger partial charge is 0.278 e. The summed E-state index contributed by atoms with van der Waals surface area (Å²) in [6.45, 7) is 0. The summed E-state index contributed by atoms with van der Waals surface area (Å²) < 4.78 is 33.0. The van der Waals surface area contributed by atoms with E-state index in [1.54, 1.807) is 42.5 Å². The minimum atomic E-state index is -3.69. The van der Waals surface area contributed by atoms with Gasteiger partial charge in [0.05, 0.1) is 16.8 Å². The molecule has 2 heterocycles. The highest BCUT2D eigenvalue weighted by molar-refractivity contribution is 7.91. The van der Waals surface area contributed by atoms with Gasteiger partial charge in [-0.3, -0.25) is 9.52 Å². The van der Waals surface area contributed by atoms with Crippen LogP contribution in [0.15, 0.2) is 71.3 Å². The number of aromatic amines is 1. The number of carbonyl (C=O) groups is 1. The molecule has 2 aromatic heterocycles. The van der Waals surface area contributed by atoms with Gasteiger partial charge in [-0.15, -0.1) is 5.10 Å². The first-order chi connectivity index (χ1) is 16.9. The molecular formula is C22H16ClN7O4S. The number of H-pyrrole nitrogens is 1. The molecule has 0 atom stereocenters. The number of carbonyl (C=O) groups excluding carboxylic acids is 1. The van der Waals surface area contributed by atoms with Crippen LogP contribution in [-0.2, 0) is 15.8 Å². The van der Waals surface area contributed by atoms with Crippen LogP contribution in [0.2, 0.25) is 5.02 Å². The molecule has 176 valence electrons. The SMILES string of the molecule is O=C(Nc1ccc(Cl)cc1-c1nnn[nH]1)c1noc2ccc(NS(=O)(=O)Cc3ccccc3)cc12. The van der Waals surface area contributed by atoms with E-state index in [2.05, 4.69) is 35.8 Å². The van der Waals surface area contributed by atoms with Gasteiger partial charge in [0, 0.05) is 16.3 Å². The van der Waals surface area contributed by atoms with E-state index in [4.69, 9.17) is 16.1 Å². The molecule has 5 rings (SSSR count). The number of rotatable bonds is 7. The van der Waals surface area contributed by atoms with E-state index in [0.29, 0.717) is 38.6 Å². The van der Waals surface area contributed by atoms with Crippen molar-refractivity contribution >= 4 is 49.9 Å². The van der Waals surface area contributed by atoms with Crippen molar-refractivity contribution in [2.45, 2.75) is 5.75 Å². The van der Waals surface area contributed by atoms with E-state index in [1.165, 1.54) is 18.2 Å². The Morgan fingerprint density at radius 2 is 1.89 bits per heavy atom.